The molecule has 3 rings (SSSR count). The van der Waals surface area contributed by atoms with Crippen molar-refractivity contribution < 1.29 is 4.79 Å². The monoisotopic (exact) mass is 426 g/mol. The van der Waals surface area contributed by atoms with Crippen LogP contribution in [0, 0.1) is 3.57 Å². The molecular formula is C17H16ClIN2O. The lowest BCUT2D eigenvalue weighted by Crippen LogP contribution is -2.36. The zero-order valence-electron chi connectivity index (χ0n) is 12.0. The molecule has 0 aromatic heterocycles. The second-order valence-corrected chi connectivity index (χ2v) is 6.92. The molecule has 0 radical (unpaired) electrons. The molecule has 0 atom stereocenters. The molecule has 0 saturated carbocycles. The summed E-state index contributed by atoms with van der Waals surface area (Å²) in [6.07, 6.45) is 2.06. The second-order valence-electron chi connectivity index (χ2n) is 5.33. The summed E-state index contributed by atoms with van der Waals surface area (Å²) in [6.45, 7) is 1.26. The molecule has 22 heavy (non-hydrogen) atoms. The van der Waals surface area contributed by atoms with E-state index >= 15 is 0 Å². The molecule has 1 N–H and O–H groups in total. The number of amides is 1. The predicted molar refractivity (Wildman–Crippen MR) is 99.8 cm³/mol. The average Bonchev–Trinajstić information content (AvgIpc) is 2.49. The molecule has 0 bridgehead atoms. The van der Waals surface area contributed by atoms with Gasteiger partial charge >= 0.3 is 0 Å². The molecule has 3 nitrogen and oxygen atoms in total. The zero-order valence-corrected chi connectivity index (χ0v) is 14.9. The summed E-state index contributed by atoms with van der Waals surface area (Å²) in [5, 5.41) is 3.74. The highest BCUT2D eigenvalue weighted by atomic mass is 127. The molecule has 0 unspecified atom stereocenters. The summed E-state index contributed by atoms with van der Waals surface area (Å²) in [4.78, 5) is 14.5. The minimum atomic E-state index is 0.00640. The molecule has 114 valence electrons. The molecule has 1 aliphatic rings. The molecule has 2 aromatic carbocycles. The number of nitrogens with zero attached hydrogens (tertiary/aromatic N) is 1. The molecule has 0 spiro atoms. The van der Waals surface area contributed by atoms with E-state index in [0.717, 1.165) is 39.4 Å². The Morgan fingerprint density at radius 3 is 2.91 bits per heavy atom. The van der Waals surface area contributed by atoms with Crippen molar-refractivity contribution in [3.63, 3.8) is 0 Å². The number of carbonyl (C=O) groups is 1. The minimum absolute atomic E-state index is 0.00640. The van der Waals surface area contributed by atoms with Crippen LogP contribution < -0.4 is 10.2 Å². The van der Waals surface area contributed by atoms with Gasteiger partial charge in [-0.25, -0.2) is 0 Å². The molecule has 5 heteroatoms. The van der Waals surface area contributed by atoms with E-state index in [4.69, 9.17) is 11.6 Å². The Hall–Kier alpha value is -1.27. The number of para-hydroxylation sites is 1. The highest BCUT2D eigenvalue weighted by Crippen LogP contribution is 2.29. The first-order valence-electron chi connectivity index (χ1n) is 7.21. The number of carbonyl (C=O) groups excluding carboxylic acids is 1. The lowest BCUT2D eigenvalue weighted by molar-refractivity contribution is -0.115. The Bertz CT molecular complexity index is 705. The first-order chi connectivity index (χ1) is 10.6. The third kappa shape index (κ3) is 3.55. The molecule has 0 fully saturated rings. The van der Waals surface area contributed by atoms with Crippen molar-refractivity contribution >= 4 is 51.5 Å². The summed E-state index contributed by atoms with van der Waals surface area (Å²) >= 11 is 8.28. The van der Waals surface area contributed by atoms with E-state index in [1.165, 1.54) is 5.56 Å². The number of nitrogens with one attached hydrogen (secondary N) is 1. The number of hydrogen-bond donors (Lipinski definition) is 1. The van der Waals surface area contributed by atoms with Crippen molar-refractivity contribution in [3.05, 3.63) is 56.6 Å². The van der Waals surface area contributed by atoms with Gasteiger partial charge in [0.2, 0.25) is 5.91 Å². The largest absolute Gasteiger partial charge is 0.362 e. The summed E-state index contributed by atoms with van der Waals surface area (Å²) in [6, 6.07) is 13.7. The fourth-order valence-corrected chi connectivity index (χ4v) is 3.45. The fraction of sp³-hybridized carbons (Fsp3) is 0.235. The first-order valence-corrected chi connectivity index (χ1v) is 8.67. The van der Waals surface area contributed by atoms with E-state index < -0.39 is 0 Å². The summed E-state index contributed by atoms with van der Waals surface area (Å²) in [5.74, 6) is 0.00640. The Balaban J connectivity index is 1.72. The Morgan fingerprint density at radius 1 is 1.27 bits per heavy atom. The minimum Gasteiger partial charge on any atom is -0.362 e. The van der Waals surface area contributed by atoms with Crippen molar-refractivity contribution in [1.29, 1.82) is 0 Å². The third-order valence-corrected chi connectivity index (χ3v) is 4.91. The van der Waals surface area contributed by atoms with Gasteiger partial charge in [-0.2, -0.15) is 0 Å². The summed E-state index contributed by atoms with van der Waals surface area (Å²) in [5.41, 5.74) is 3.20. The topological polar surface area (TPSA) is 32.3 Å². The van der Waals surface area contributed by atoms with Crippen LogP contribution in [-0.4, -0.2) is 19.0 Å². The van der Waals surface area contributed by atoms with Crippen LogP contribution in [0.1, 0.15) is 12.0 Å². The predicted octanol–water partition coefficient (Wildman–Crippen LogP) is 4.34. The maximum Gasteiger partial charge on any atom is 0.243 e. The number of halogens is 2. The number of rotatable bonds is 3. The van der Waals surface area contributed by atoms with Gasteiger partial charge in [-0.05, 0) is 71.3 Å². The van der Waals surface area contributed by atoms with Crippen LogP contribution in [0.3, 0.4) is 0 Å². The number of benzene rings is 2. The number of hydrogen-bond acceptors (Lipinski definition) is 2. The van der Waals surface area contributed by atoms with Crippen LogP contribution in [0.15, 0.2) is 42.5 Å². The Kier molecular flexibility index (Phi) is 4.88. The van der Waals surface area contributed by atoms with Gasteiger partial charge in [0.25, 0.3) is 0 Å². The lowest BCUT2D eigenvalue weighted by atomic mass is 10.0. The zero-order chi connectivity index (χ0) is 15.5. The Labute approximate surface area is 148 Å². The average molecular weight is 427 g/mol. The maximum atomic E-state index is 12.3. The van der Waals surface area contributed by atoms with Crippen molar-refractivity contribution in [2.24, 2.45) is 0 Å². The molecule has 1 aliphatic heterocycles. The molecule has 1 heterocycles. The van der Waals surface area contributed by atoms with E-state index in [9.17, 15) is 4.79 Å². The van der Waals surface area contributed by atoms with Crippen LogP contribution in [0.4, 0.5) is 11.4 Å². The van der Waals surface area contributed by atoms with Gasteiger partial charge in [0, 0.05) is 20.8 Å². The standard InChI is InChI=1S/C17H16ClIN2O/c18-13-7-8-16-12(10-13)4-3-9-21(16)11-17(22)20-15-6-2-1-5-14(15)19/h1-2,5-8,10H,3-4,9,11H2,(H,20,22). The summed E-state index contributed by atoms with van der Waals surface area (Å²) < 4.78 is 1.04. The second kappa shape index (κ2) is 6.87. The van der Waals surface area contributed by atoms with Crippen LogP contribution in [0.5, 0.6) is 0 Å². The molecular weight excluding hydrogens is 411 g/mol. The lowest BCUT2D eigenvalue weighted by Gasteiger charge is -2.30. The van der Waals surface area contributed by atoms with Crippen molar-refractivity contribution in [3.8, 4) is 0 Å². The van der Waals surface area contributed by atoms with Crippen LogP contribution >= 0.6 is 34.2 Å². The molecule has 1 amide bonds. The van der Waals surface area contributed by atoms with Crippen LogP contribution in [0.25, 0.3) is 0 Å². The van der Waals surface area contributed by atoms with Gasteiger partial charge in [-0.15, -0.1) is 0 Å². The number of fused-ring (bicyclic) bond motifs is 1. The SMILES string of the molecule is O=C(CN1CCCc2cc(Cl)ccc21)Nc1ccccc1I. The van der Waals surface area contributed by atoms with E-state index in [1.807, 2.05) is 42.5 Å². The van der Waals surface area contributed by atoms with Gasteiger partial charge in [0.1, 0.15) is 0 Å². The van der Waals surface area contributed by atoms with Gasteiger partial charge in [0.15, 0.2) is 0 Å². The van der Waals surface area contributed by atoms with Gasteiger partial charge in [-0.3, -0.25) is 4.79 Å². The maximum absolute atomic E-state index is 12.3. The molecule has 0 saturated heterocycles. The van der Waals surface area contributed by atoms with Gasteiger partial charge in [-0.1, -0.05) is 23.7 Å². The van der Waals surface area contributed by atoms with Gasteiger partial charge in [0.05, 0.1) is 12.2 Å². The fourth-order valence-electron chi connectivity index (χ4n) is 2.73. The quantitative estimate of drug-likeness (QED) is 0.741. The normalized spacial score (nSPS) is 13.6. The molecule has 0 aliphatic carbocycles. The van der Waals surface area contributed by atoms with E-state index in [1.54, 1.807) is 0 Å². The van der Waals surface area contributed by atoms with Gasteiger partial charge < -0.3 is 10.2 Å². The third-order valence-electron chi connectivity index (χ3n) is 3.74. The Morgan fingerprint density at radius 2 is 2.09 bits per heavy atom. The number of aryl methyl sites for hydroxylation is 1. The van der Waals surface area contributed by atoms with Crippen LogP contribution in [-0.2, 0) is 11.2 Å². The molecule has 2 aromatic rings. The first kappa shape index (κ1) is 15.6. The van der Waals surface area contributed by atoms with Crippen LogP contribution in [0.2, 0.25) is 5.02 Å². The van der Waals surface area contributed by atoms with Crippen molar-refractivity contribution in [2.75, 3.05) is 23.3 Å². The number of anilines is 2. The van der Waals surface area contributed by atoms with Crippen molar-refractivity contribution in [1.82, 2.24) is 0 Å². The summed E-state index contributed by atoms with van der Waals surface area (Å²) in [7, 11) is 0. The van der Waals surface area contributed by atoms with E-state index in [2.05, 4.69) is 32.8 Å². The van der Waals surface area contributed by atoms with E-state index in [0.29, 0.717) is 6.54 Å². The van der Waals surface area contributed by atoms with E-state index in [-0.39, 0.29) is 5.91 Å². The highest BCUT2D eigenvalue weighted by Gasteiger charge is 2.19. The highest BCUT2D eigenvalue weighted by molar-refractivity contribution is 14.1. The van der Waals surface area contributed by atoms with Crippen molar-refractivity contribution in [2.45, 2.75) is 12.8 Å². The smallest absolute Gasteiger partial charge is 0.243 e.